The van der Waals surface area contributed by atoms with Crippen molar-refractivity contribution in [1.29, 1.82) is 0 Å². The number of hydrogen-bond donors (Lipinski definition) is 0. The molecule has 1 aromatic carbocycles. The van der Waals surface area contributed by atoms with Crippen LogP contribution in [0.2, 0.25) is 0 Å². The fraction of sp³-hybridized carbons (Fsp3) is 0.182. The molecule has 0 spiro atoms. The molecule has 1 amide bonds. The Balaban J connectivity index is 2.44. The lowest BCUT2D eigenvalue weighted by Gasteiger charge is -2.16. The number of fused-ring (bicyclic) bond motifs is 1. The summed E-state index contributed by atoms with van der Waals surface area (Å²) in [5.74, 6) is -1.93. The third kappa shape index (κ3) is 1.98. The van der Waals surface area contributed by atoms with Gasteiger partial charge in [-0.25, -0.2) is 0 Å². The number of halogens is 3. The van der Waals surface area contributed by atoms with Crippen molar-refractivity contribution in [3.05, 3.63) is 30.5 Å². The summed E-state index contributed by atoms with van der Waals surface area (Å²) in [4.78, 5) is 11.6. The van der Waals surface area contributed by atoms with Crippen LogP contribution in [0.1, 0.15) is 0 Å². The summed E-state index contributed by atoms with van der Waals surface area (Å²) in [5, 5.41) is 0.465. The van der Waals surface area contributed by atoms with E-state index in [9.17, 15) is 18.0 Å². The first-order valence-corrected chi connectivity index (χ1v) is 4.72. The van der Waals surface area contributed by atoms with Gasteiger partial charge in [-0.05, 0) is 12.1 Å². The molecular formula is C11H8F3NO2. The summed E-state index contributed by atoms with van der Waals surface area (Å²) in [5.41, 5.74) is 0.534. The van der Waals surface area contributed by atoms with Crippen LogP contribution < -0.4 is 4.90 Å². The molecule has 3 nitrogen and oxygen atoms in total. The maximum absolute atomic E-state index is 12.3. The van der Waals surface area contributed by atoms with Gasteiger partial charge in [0.15, 0.2) is 0 Å². The third-order valence-electron chi connectivity index (χ3n) is 2.37. The molecule has 0 saturated heterocycles. The van der Waals surface area contributed by atoms with E-state index in [0.29, 0.717) is 15.9 Å². The molecule has 0 fully saturated rings. The summed E-state index contributed by atoms with van der Waals surface area (Å²) in [7, 11) is 1.06. The fourth-order valence-corrected chi connectivity index (χ4v) is 1.52. The van der Waals surface area contributed by atoms with E-state index in [1.807, 2.05) is 0 Å². The van der Waals surface area contributed by atoms with Gasteiger partial charge < -0.3 is 9.32 Å². The predicted octanol–water partition coefficient (Wildman–Crippen LogP) is 2.96. The normalized spacial score (nSPS) is 11.8. The second-order valence-corrected chi connectivity index (χ2v) is 3.48. The van der Waals surface area contributed by atoms with Crippen LogP contribution in [0.4, 0.5) is 18.9 Å². The number of carbonyl (C=O) groups is 1. The molecule has 0 saturated carbocycles. The zero-order valence-electron chi connectivity index (χ0n) is 8.78. The van der Waals surface area contributed by atoms with E-state index in [1.54, 1.807) is 24.3 Å². The van der Waals surface area contributed by atoms with Crippen LogP contribution in [0.25, 0.3) is 11.0 Å². The van der Waals surface area contributed by atoms with Crippen LogP contribution >= 0.6 is 0 Å². The minimum absolute atomic E-state index is 0.0999. The molecule has 17 heavy (non-hydrogen) atoms. The monoisotopic (exact) mass is 243 g/mol. The molecule has 0 aliphatic carbocycles. The molecular weight excluding hydrogens is 235 g/mol. The van der Waals surface area contributed by atoms with E-state index in [4.69, 9.17) is 4.42 Å². The summed E-state index contributed by atoms with van der Waals surface area (Å²) >= 11 is 0. The molecule has 0 radical (unpaired) electrons. The standard InChI is InChI=1S/C11H8F3NO2/c1-15(10(16)11(12,13)14)8-6-17-9-5-3-2-4-7(8)9/h2-6H,1H3. The van der Waals surface area contributed by atoms with Crippen molar-refractivity contribution >= 4 is 22.6 Å². The number of furan rings is 1. The van der Waals surface area contributed by atoms with Gasteiger partial charge in [0.2, 0.25) is 0 Å². The number of nitrogens with zero attached hydrogens (tertiary/aromatic N) is 1. The van der Waals surface area contributed by atoms with Crippen molar-refractivity contribution in [3.8, 4) is 0 Å². The molecule has 0 N–H and O–H groups in total. The maximum Gasteiger partial charge on any atom is 0.471 e. The van der Waals surface area contributed by atoms with Crippen LogP contribution in [0.3, 0.4) is 0 Å². The molecule has 1 heterocycles. The van der Waals surface area contributed by atoms with Crippen LogP contribution in [0.15, 0.2) is 34.9 Å². The van der Waals surface area contributed by atoms with Crippen molar-refractivity contribution in [2.24, 2.45) is 0 Å². The van der Waals surface area contributed by atoms with Gasteiger partial charge in [0.05, 0.1) is 5.69 Å². The summed E-state index contributed by atoms with van der Waals surface area (Å²) in [6, 6.07) is 6.56. The molecule has 2 rings (SSSR count). The lowest BCUT2D eigenvalue weighted by molar-refractivity contribution is -0.170. The zero-order chi connectivity index (χ0) is 12.6. The SMILES string of the molecule is CN(C(=O)C(F)(F)F)c1coc2ccccc12. The topological polar surface area (TPSA) is 33.5 Å². The van der Waals surface area contributed by atoms with Gasteiger partial charge in [0.25, 0.3) is 0 Å². The highest BCUT2D eigenvalue weighted by Gasteiger charge is 2.42. The second-order valence-electron chi connectivity index (χ2n) is 3.48. The average Bonchev–Trinajstić information content (AvgIpc) is 2.69. The van der Waals surface area contributed by atoms with Crippen molar-refractivity contribution in [3.63, 3.8) is 0 Å². The molecule has 90 valence electrons. The average molecular weight is 243 g/mol. The van der Waals surface area contributed by atoms with E-state index in [0.717, 1.165) is 13.3 Å². The van der Waals surface area contributed by atoms with Crippen LogP contribution in [0.5, 0.6) is 0 Å². The highest BCUT2D eigenvalue weighted by atomic mass is 19.4. The minimum Gasteiger partial charge on any atom is -0.462 e. The lowest BCUT2D eigenvalue weighted by Crippen LogP contribution is -2.38. The molecule has 6 heteroatoms. The smallest absolute Gasteiger partial charge is 0.462 e. The highest BCUT2D eigenvalue weighted by Crippen LogP contribution is 2.30. The van der Waals surface area contributed by atoms with Gasteiger partial charge in [-0.2, -0.15) is 13.2 Å². The maximum atomic E-state index is 12.3. The van der Waals surface area contributed by atoms with Crippen molar-refractivity contribution in [1.82, 2.24) is 0 Å². The molecule has 0 bridgehead atoms. The number of anilines is 1. The van der Waals surface area contributed by atoms with Crippen molar-refractivity contribution in [2.75, 3.05) is 11.9 Å². The third-order valence-corrected chi connectivity index (χ3v) is 2.37. The largest absolute Gasteiger partial charge is 0.471 e. The number of alkyl halides is 3. The number of hydrogen-bond acceptors (Lipinski definition) is 2. The first kappa shape index (κ1) is 11.5. The molecule has 2 aromatic rings. The molecule has 0 aliphatic rings. The summed E-state index contributed by atoms with van der Waals surface area (Å²) in [6.07, 6.45) is -3.76. The van der Waals surface area contributed by atoms with Crippen molar-refractivity contribution in [2.45, 2.75) is 6.18 Å². The predicted molar refractivity (Wildman–Crippen MR) is 55.7 cm³/mol. The number of amides is 1. The minimum atomic E-state index is -4.90. The Morgan fingerprint density at radius 2 is 1.94 bits per heavy atom. The van der Waals surface area contributed by atoms with Crippen LogP contribution in [0, 0.1) is 0 Å². The van der Waals surface area contributed by atoms with E-state index < -0.39 is 12.1 Å². The van der Waals surface area contributed by atoms with E-state index in [2.05, 4.69) is 0 Å². The van der Waals surface area contributed by atoms with Gasteiger partial charge in [0.1, 0.15) is 11.8 Å². The Bertz CT molecular complexity index is 559. The second kappa shape index (κ2) is 3.80. The van der Waals surface area contributed by atoms with Gasteiger partial charge >= 0.3 is 12.1 Å². The Morgan fingerprint density at radius 3 is 2.59 bits per heavy atom. The quantitative estimate of drug-likeness (QED) is 0.771. The summed E-state index contributed by atoms with van der Waals surface area (Å²) in [6.45, 7) is 0. The zero-order valence-corrected chi connectivity index (χ0v) is 8.78. The van der Waals surface area contributed by atoms with E-state index in [1.165, 1.54) is 0 Å². The number of carbonyl (C=O) groups excluding carboxylic acids is 1. The van der Waals surface area contributed by atoms with Gasteiger partial charge in [-0.1, -0.05) is 12.1 Å². The van der Waals surface area contributed by atoms with Crippen LogP contribution in [-0.2, 0) is 4.79 Å². The number of benzene rings is 1. The first-order valence-electron chi connectivity index (χ1n) is 4.72. The van der Waals surface area contributed by atoms with E-state index >= 15 is 0 Å². The molecule has 0 atom stereocenters. The lowest BCUT2D eigenvalue weighted by atomic mass is 10.2. The molecule has 1 aromatic heterocycles. The van der Waals surface area contributed by atoms with E-state index in [-0.39, 0.29) is 5.69 Å². The van der Waals surface area contributed by atoms with Gasteiger partial charge in [-0.3, -0.25) is 4.79 Å². The van der Waals surface area contributed by atoms with Gasteiger partial charge in [0, 0.05) is 12.4 Å². The Labute approximate surface area is 94.4 Å². The Morgan fingerprint density at radius 1 is 1.29 bits per heavy atom. The highest BCUT2D eigenvalue weighted by molar-refractivity contribution is 6.04. The summed E-state index contributed by atoms with van der Waals surface area (Å²) < 4.78 is 41.9. The van der Waals surface area contributed by atoms with Gasteiger partial charge in [-0.15, -0.1) is 0 Å². The Kier molecular flexibility index (Phi) is 2.57. The molecule has 0 aliphatic heterocycles. The Hall–Kier alpha value is -1.98. The number of para-hydroxylation sites is 1. The fourth-order valence-electron chi connectivity index (χ4n) is 1.52. The molecule has 0 unspecified atom stereocenters. The first-order chi connectivity index (χ1) is 7.91. The van der Waals surface area contributed by atoms with Crippen molar-refractivity contribution < 1.29 is 22.4 Å². The number of rotatable bonds is 1. The van der Waals surface area contributed by atoms with Crippen LogP contribution in [-0.4, -0.2) is 19.1 Å².